The van der Waals surface area contributed by atoms with Gasteiger partial charge in [0.15, 0.2) is 5.65 Å². The van der Waals surface area contributed by atoms with Gasteiger partial charge in [0.2, 0.25) is 11.8 Å². The Bertz CT molecular complexity index is 1320. The van der Waals surface area contributed by atoms with Crippen LogP contribution in [0.1, 0.15) is 18.1 Å². The maximum atomic E-state index is 13.3. The van der Waals surface area contributed by atoms with E-state index in [1.54, 1.807) is 12.5 Å². The van der Waals surface area contributed by atoms with Crippen LogP contribution in [0.2, 0.25) is 0 Å². The van der Waals surface area contributed by atoms with Crippen molar-refractivity contribution in [2.24, 2.45) is 0 Å². The third kappa shape index (κ3) is 4.98. The third-order valence-corrected chi connectivity index (χ3v) is 8.03. The number of ether oxygens (including phenoxy) is 1. The van der Waals surface area contributed by atoms with Crippen LogP contribution in [0.25, 0.3) is 11.2 Å². The highest BCUT2D eigenvalue weighted by Gasteiger charge is 2.31. The van der Waals surface area contributed by atoms with Crippen molar-refractivity contribution in [3.8, 4) is 0 Å². The van der Waals surface area contributed by atoms with Crippen molar-refractivity contribution < 1.29 is 14.3 Å². The maximum Gasteiger partial charge on any atom is 0.242 e. The minimum absolute atomic E-state index is 0.0671. The number of pyridine rings is 1. The van der Waals surface area contributed by atoms with E-state index in [1.807, 2.05) is 26.5 Å². The predicted molar refractivity (Wildman–Crippen MR) is 144 cm³/mol. The van der Waals surface area contributed by atoms with Crippen LogP contribution in [0.4, 0.5) is 5.69 Å². The number of anilines is 1. The summed E-state index contributed by atoms with van der Waals surface area (Å²) in [5, 5.41) is 0. The molecule has 0 radical (unpaired) electrons. The van der Waals surface area contributed by atoms with Gasteiger partial charge < -0.3 is 24.0 Å². The molecule has 2 aromatic heterocycles. The van der Waals surface area contributed by atoms with Gasteiger partial charge in [-0.2, -0.15) is 0 Å². The van der Waals surface area contributed by atoms with Crippen LogP contribution >= 0.6 is 0 Å². The second-order valence-corrected chi connectivity index (χ2v) is 10.5. The summed E-state index contributed by atoms with van der Waals surface area (Å²) >= 11 is 0. The first-order valence-electron chi connectivity index (χ1n) is 13.6. The zero-order valence-corrected chi connectivity index (χ0v) is 22.0. The maximum absolute atomic E-state index is 13.3. The fourth-order valence-corrected chi connectivity index (χ4v) is 5.92. The smallest absolute Gasteiger partial charge is 0.242 e. The molecule has 3 aromatic rings. The molecule has 3 aliphatic rings. The molecule has 2 fully saturated rings. The van der Waals surface area contributed by atoms with Gasteiger partial charge in [-0.25, -0.2) is 9.97 Å². The molecule has 200 valence electrons. The summed E-state index contributed by atoms with van der Waals surface area (Å²) in [5.74, 6) is 0.273. The van der Waals surface area contributed by atoms with Gasteiger partial charge >= 0.3 is 0 Å². The first-order chi connectivity index (χ1) is 18.6. The number of hydrogen-bond acceptors (Lipinski definition) is 7. The fourth-order valence-electron chi connectivity index (χ4n) is 5.92. The highest BCUT2D eigenvalue weighted by Crippen LogP contribution is 2.31. The lowest BCUT2D eigenvalue weighted by Crippen LogP contribution is -2.55. The van der Waals surface area contributed by atoms with Crippen molar-refractivity contribution in [1.29, 1.82) is 0 Å². The summed E-state index contributed by atoms with van der Waals surface area (Å²) in [6.45, 7) is 9.41. The Morgan fingerprint density at radius 2 is 1.84 bits per heavy atom. The number of hydrogen-bond donors (Lipinski definition) is 0. The van der Waals surface area contributed by atoms with Crippen molar-refractivity contribution in [2.75, 3.05) is 63.9 Å². The van der Waals surface area contributed by atoms with Gasteiger partial charge in [-0.3, -0.25) is 14.5 Å². The molecule has 38 heavy (non-hydrogen) atoms. The van der Waals surface area contributed by atoms with E-state index < -0.39 is 0 Å². The normalized spacial score (nSPS) is 20.6. The second kappa shape index (κ2) is 10.7. The standard InChI is InChI=1S/C28H35N7O3/c1-21-16-32(10-11-35(21)27(37)19-34-20-30-24-5-3-8-29-28(24)34)25-6-2-4-22-7-9-33(17-23(22)25)26(36)18-31-12-14-38-15-13-31/h2-6,8,20-21H,7,9-19H2,1H3. The lowest BCUT2D eigenvalue weighted by atomic mass is 9.96. The zero-order chi connectivity index (χ0) is 26.1. The number of fused-ring (bicyclic) bond motifs is 2. The number of nitrogens with zero attached hydrogens (tertiary/aromatic N) is 7. The van der Waals surface area contributed by atoms with E-state index in [-0.39, 0.29) is 24.4 Å². The highest BCUT2D eigenvalue weighted by atomic mass is 16.5. The molecule has 1 aromatic carbocycles. The highest BCUT2D eigenvalue weighted by molar-refractivity contribution is 5.80. The average molecular weight is 518 g/mol. The van der Waals surface area contributed by atoms with E-state index in [0.717, 1.165) is 50.3 Å². The van der Waals surface area contributed by atoms with Crippen molar-refractivity contribution in [3.05, 3.63) is 54.0 Å². The fraction of sp³-hybridized carbons (Fsp3) is 0.500. The van der Waals surface area contributed by atoms with Crippen LogP contribution in [-0.2, 0) is 33.8 Å². The lowest BCUT2D eigenvalue weighted by Gasteiger charge is -2.43. The molecule has 1 atom stereocenters. The molecule has 2 amide bonds. The SMILES string of the molecule is CC1CN(c2cccc3c2CN(C(=O)CN2CCOCC2)CC3)CCN1C(=O)Cn1cnc2cccnc21. The molecule has 1 unspecified atom stereocenters. The van der Waals surface area contributed by atoms with Crippen molar-refractivity contribution >= 4 is 28.7 Å². The molecule has 2 saturated heterocycles. The van der Waals surface area contributed by atoms with Crippen LogP contribution in [-0.4, -0.2) is 106 Å². The first-order valence-corrected chi connectivity index (χ1v) is 13.6. The Morgan fingerprint density at radius 3 is 2.68 bits per heavy atom. The number of benzene rings is 1. The Labute approximate surface area is 222 Å². The molecule has 0 saturated carbocycles. The van der Waals surface area contributed by atoms with Crippen LogP contribution in [0.15, 0.2) is 42.9 Å². The Kier molecular flexibility index (Phi) is 6.99. The largest absolute Gasteiger partial charge is 0.379 e. The summed E-state index contributed by atoms with van der Waals surface area (Å²) in [7, 11) is 0. The van der Waals surface area contributed by atoms with Crippen LogP contribution in [0.3, 0.4) is 0 Å². The summed E-state index contributed by atoms with van der Waals surface area (Å²) in [6, 6.07) is 10.3. The van der Waals surface area contributed by atoms with Gasteiger partial charge in [0.1, 0.15) is 12.1 Å². The number of imidazole rings is 1. The number of carbonyl (C=O) groups is 2. The molecule has 0 N–H and O–H groups in total. The molecular formula is C28H35N7O3. The monoisotopic (exact) mass is 517 g/mol. The van der Waals surface area contributed by atoms with E-state index in [0.29, 0.717) is 32.8 Å². The van der Waals surface area contributed by atoms with Crippen molar-refractivity contribution in [3.63, 3.8) is 0 Å². The van der Waals surface area contributed by atoms with Gasteiger partial charge in [0.05, 0.1) is 26.1 Å². The summed E-state index contributed by atoms with van der Waals surface area (Å²) < 4.78 is 7.25. The summed E-state index contributed by atoms with van der Waals surface area (Å²) in [5.41, 5.74) is 5.29. The van der Waals surface area contributed by atoms with Crippen LogP contribution < -0.4 is 4.90 Å². The molecule has 10 nitrogen and oxygen atoms in total. The number of aromatic nitrogens is 3. The van der Waals surface area contributed by atoms with Crippen LogP contribution in [0.5, 0.6) is 0 Å². The number of morpholine rings is 1. The van der Waals surface area contributed by atoms with Crippen molar-refractivity contribution in [1.82, 2.24) is 29.2 Å². The van der Waals surface area contributed by atoms with E-state index in [9.17, 15) is 9.59 Å². The molecular weight excluding hydrogens is 482 g/mol. The van der Waals surface area contributed by atoms with Crippen molar-refractivity contribution in [2.45, 2.75) is 32.5 Å². The predicted octanol–water partition coefficient (Wildman–Crippen LogP) is 1.39. The van der Waals surface area contributed by atoms with Gasteiger partial charge in [0.25, 0.3) is 0 Å². The molecule has 10 heteroatoms. The minimum Gasteiger partial charge on any atom is -0.379 e. The summed E-state index contributed by atoms with van der Waals surface area (Å²) in [6.07, 6.45) is 4.29. The molecule has 0 aliphatic carbocycles. The van der Waals surface area contributed by atoms with Gasteiger partial charge in [0, 0.05) is 63.7 Å². The number of carbonyl (C=O) groups excluding carboxylic acids is 2. The number of rotatable bonds is 5. The lowest BCUT2D eigenvalue weighted by molar-refractivity contribution is -0.135. The summed E-state index contributed by atoms with van der Waals surface area (Å²) in [4.78, 5) is 43.7. The van der Waals surface area contributed by atoms with E-state index in [1.165, 1.54) is 16.8 Å². The van der Waals surface area contributed by atoms with Gasteiger partial charge in [-0.1, -0.05) is 12.1 Å². The zero-order valence-electron chi connectivity index (χ0n) is 22.0. The first kappa shape index (κ1) is 24.8. The second-order valence-electron chi connectivity index (χ2n) is 10.5. The molecule has 5 heterocycles. The van der Waals surface area contributed by atoms with E-state index >= 15 is 0 Å². The Morgan fingerprint density at radius 1 is 0.974 bits per heavy atom. The Hall–Kier alpha value is -3.50. The van der Waals surface area contributed by atoms with Crippen LogP contribution in [0, 0.1) is 0 Å². The quantitative estimate of drug-likeness (QED) is 0.506. The number of amides is 2. The molecule has 0 spiro atoms. The Balaban J connectivity index is 1.11. The molecule has 6 rings (SSSR count). The molecule has 0 bridgehead atoms. The third-order valence-electron chi connectivity index (χ3n) is 8.03. The topological polar surface area (TPSA) is 87.0 Å². The van der Waals surface area contributed by atoms with Gasteiger partial charge in [-0.15, -0.1) is 0 Å². The molecule has 3 aliphatic heterocycles. The minimum atomic E-state index is 0.0671. The number of piperazine rings is 1. The van der Waals surface area contributed by atoms with Gasteiger partial charge in [-0.05, 0) is 42.7 Å². The average Bonchev–Trinajstić information content (AvgIpc) is 3.35. The van der Waals surface area contributed by atoms with E-state index in [2.05, 4.69) is 44.9 Å². The van der Waals surface area contributed by atoms with E-state index in [4.69, 9.17) is 4.74 Å².